The zero-order chi connectivity index (χ0) is 11.7. The van der Waals surface area contributed by atoms with E-state index in [4.69, 9.17) is 17.3 Å². The van der Waals surface area contributed by atoms with Crippen LogP contribution in [0, 0.1) is 0 Å². The molecule has 86 valence electrons. The second-order valence-corrected chi connectivity index (χ2v) is 4.53. The van der Waals surface area contributed by atoms with E-state index in [2.05, 4.69) is 11.9 Å². The first-order chi connectivity index (χ1) is 7.58. The van der Waals surface area contributed by atoms with Crippen molar-refractivity contribution in [2.24, 2.45) is 0 Å². The first-order valence-electron chi connectivity index (χ1n) is 5.16. The minimum atomic E-state index is -0.162. The van der Waals surface area contributed by atoms with E-state index in [-0.39, 0.29) is 12.5 Å². The summed E-state index contributed by atoms with van der Waals surface area (Å²) < 4.78 is 1.93. The van der Waals surface area contributed by atoms with Crippen molar-refractivity contribution in [3.63, 3.8) is 0 Å². The number of nitrogens with one attached hydrogen (secondary N) is 1. The summed E-state index contributed by atoms with van der Waals surface area (Å²) >= 11 is 5.59. The van der Waals surface area contributed by atoms with Crippen LogP contribution in [0.4, 0.5) is 5.69 Å². The smallest absolute Gasteiger partial charge is 0.268 e. The Labute approximate surface area is 99.1 Å². The van der Waals surface area contributed by atoms with Gasteiger partial charge < -0.3 is 15.6 Å². The summed E-state index contributed by atoms with van der Waals surface area (Å²) in [5.74, 6) is -0.162. The Morgan fingerprint density at radius 3 is 2.94 bits per heavy atom. The molecular formula is C11H14ClN3O. The number of nitrogens with zero attached hydrogens (tertiary/aromatic N) is 1. The Kier molecular flexibility index (Phi) is 2.92. The monoisotopic (exact) mass is 239 g/mol. The molecule has 1 amide bonds. The molecule has 1 saturated carbocycles. The average Bonchev–Trinajstić information content (AvgIpc) is 2.98. The van der Waals surface area contributed by atoms with E-state index < -0.39 is 0 Å². The summed E-state index contributed by atoms with van der Waals surface area (Å²) in [4.78, 5) is 11.8. The van der Waals surface area contributed by atoms with E-state index in [9.17, 15) is 4.79 Å². The number of hydrogen-bond donors (Lipinski definition) is 2. The molecule has 4 nitrogen and oxygen atoms in total. The first kappa shape index (κ1) is 11.1. The molecule has 0 atom stereocenters. The summed E-state index contributed by atoms with van der Waals surface area (Å²) in [6.07, 6.45) is 4.02. The number of amides is 1. The number of nitrogens with two attached hydrogens (primary N) is 1. The van der Waals surface area contributed by atoms with Crippen LogP contribution in [0.5, 0.6) is 0 Å². The Balaban J connectivity index is 2.12. The molecule has 0 unspecified atom stereocenters. The van der Waals surface area contributed by atoms with Crippen LogP contribution in [0.15, 0.2) is 23.9 Å². The van der Waals surface area contributed by atoms with E-state index in [0.717, 1.165) is 12.8 Å². The molecule has 3 N–H and O–H groups in total. The van der Waals surface area contributed by atoms with E-state index in [1.54, 1.807) is 6.07 Å². The van der Waals surface area contributed by atoms with Crippen LogP contribution in [0.1, 0.15) is 29.4 Å². The number of carbonyl (C=O) groups is 1. The molecular weight excluding hydrogens is 226 g/mol. The van der Waals surface area contributed by atoms with Crippen LogP contribution in [-0.4, -0.2) is 17.0 Å². The zero-order valence-corrected chi connectivity index (χ0v) is 9.63. The van der Waals surface area contributed by atoms with E-state index in [1.807, 2.05) is 10.8 Å². The standard InChI is InChI=1S/C11H14ClN3O/c1-7(12)5-14-11(16)10-4-8(13)6-15(10)9-2-3-9/h4,6,9H,1-3,5,13H2,(H,14,16). The summed E-state index contributed by atoms with van der Waals surface area (Å²) in [6, 6.07) is 2.11. The first-order valence-corrected chi connectivity index (χ1v) is 5.54. The molecule has 16 heavy (non-hydrogen) atoms. The Bertz CT molecular complexity index is 434. The van der Waals surface area contributed by atoms with Gasteiger partial charge in [-0.25, -0.2) is 0 Å². The molecule has 1 aromatic rings. The molecule has 1 fully saturated rings. The zero-order valence-electron chi connectivity index (χ0n) is 8.87. The Morgan fingerprint density at radius 2 is 2.38 bits per heavy atom. The van der Waals surface area contributed by atoms with Gasteiger partial charge in [0.2, 0.25) is 0 Å². The van der Waals surface area contributed by atoms with Gasteiger partial charge in [0.05, 0.1) is 12.2 Å². The van der Waals surface area contributed by atoms with Crippen LogP contribution in [0.3, 0.4) is 0 Å². The lowest BCUT2D eigenvalue weighted by Crippen LogP contribution is -2.26. The molecule has 0 radical (unpaired) electrons. The van der Waals surface area contributed by atoms with Gasteiger partial charge in [-0.2, -0.15) is 0 Å². The Morgan fingerprint density at radius 1 is 1.69 bits per heavy atom. The van der Waals surface area contributed by atoms with Crippen LogP contribution in [0.25, 0.3) is 0 Å². The second-order valence-electron chi connectivity index (χ2n) is 4.00. The fourth-order valence-electron chi connectivity index (χ4n) is 1.60. The van der Waals surface area contributed by atoms with Gasteiger partial charge in [-0.15, -0.1) is 0 Å². The summed E-state index contributed by atoms with van der Waals surface area (Å²) in [5, 5.41) is 3.10. The van der Waals surface area contributed by atoms with Crippen molar-refractivity contribution in [3.8, 4) is 0 Å². The maximum absolute atomic E-state index is 11.8. The molecule has 0 bridgehead atoms. The molecule has 0 aliphatic heterocycles. The predicted octanol–water partition coefficient (Wildman–Crippen LogP) is 1.89. The summed E-state index contributed by atoms with van der Waals surface area (Å²) in [7, 11) is 0. The van der Waals surface area contributed by atoms with Gasteiger partial charge in [0, 0.05) is 17.3 Å². The third-order valence-corrected chi connectivity index (χ3v) is 2.62. The third kappa shape index (κ3) is 2.39. The highest BCUT2D eigenvalue weighted by molar-refractivity contribution is 6.29. The lowest BCUT2D eigenvalue weighted by molar-refractivity contribution is 0.0948. The fourth-order valence-corrected chi connectivity index (χ4v) is 1.67. The summed E-state index contributed by atoms with van der Waals surface area (Å²) in [6.45, 7) is 3.79. The van der Waals surface area contributed by atoms with E-state index in [1.165, 1.54) is 0 Å². The number of hydrogen-bond acceptors (Lipinski definition) is 2. The normalized spacial score (nSPS) is 14.8. The van der Waals surface area contributed by atoms with Gasteiger partial charge >= 0.3 is 0 Å². The maximum atomic E-state index is 11.8. The molecule has 0 spiro atoms. The van der Waals surface area contributed by atoms with Gasteiger partial charge in [-0.1, -0.05) is 18.2 Å². The SMILES string of the molecule is C=C(Cl)CNC(=O)c1cc(N)cn1C1CC1. The lowest BCUT2D eigenvalue weighted by Gasteiger charge is -2.07. The molecule has 5 heteroatoms. The van der Waals surface area contributed by atoms with Crippen molar-refractivity contribution in [1.82, 2.24) is 9.88 Å². The molecule has 1 aliphatic carbocycles. The van der Waals surface area contributed by atoms with Crippen LogP contribution >= 0.6 is 11.6 Å². The third-order valence-electron chi connectivity index (χ3n) is 2.48. The van der Waals surface area contributed by atoms with Gasteiger partial charge in [-0.05, 0) is 18.9 Å². The van der Waals surface area contributed by atoms with Crippen molar-refractivity contribution in [3.05, 3.63) is 29.6 Å². The summed E-state index contributed by atoms with van der Waals surface area (Å²) in [5.41, 5.74) is 6.90. The van der Waals surface area contributed by atoms with E-state index >= 15 is 0 Å². The molecule has 1 heterocycles. The van der Waals surface area contributed by atoms with Gasteiger partial charge in [-0.3, -0.25) is 4.79 Å². The average molecular weight is 240 g/mol. The minimum Gasteiger partial charge on any atom is -0.397 e. The highest BCUT2D eigenvalue weighted by atomic mass is 35.5. The Hall–Kier alpha value is -1.42. The van der Waals surface area contributed by atoms with Crippen LogP contribution < -0.4 is 11.1 Å². The van der Waals surface area contributed by atoms with E-state index in [0.29, 0.717) is 22.5 Å². The number of nitrogen functional groups attached to an aromatic ring is 1. The predicted molar refractivity (Wildman–Crippen MR) is 64.4 cm³/mol. The minimum absolute atomic E-state index is 0.162. The highest BCUT2D eigenvalue weighted by Crippen LogP contribution is 2.37. The second kappa shape index (κ2) is 4.22. The fraction of sp³-hybridized carbons (Fsp3) is 0.364. The van der Waals surface area contributed by atoms with Crippen molar-refractivity contribution in [2.75, 3.05) is 12.3 Å². The molecule has 2 rings (SSSR count). The van der Waals surface area contributed by atoms with Gasteiger partial charge in [0.15, 0.2) is 0 Å². The van der Waals surface area contributed by atoms with Crippen molar-refractivity contribution < 1.29 is 4.79 Å². The number of halogens is 1. The lowest BCUT2D eigenvalue weighted by atomic mass is 10.3. The largest absolute Gasteiger partial charge is 0.397 e. The maximum Gasteiger partial charge on any atom is 0.268 e. The van der Waals surface area contributed by atoms with Crippen LogP contribution in [-0.2, 0) is 0 Å². The molecule has 1 aliphatic rings. The number of rotatable bonds is 4. The topological polar surface area (TPSA) is 60.1 Å². The molecule has 0 aromatic carbocycles. The van der Waals surface area contributed by atoms with Crippen LogP contribution in [0.2, 0.25) is 0 Å². The quantitative estimate of drug-likeness (QED) is 0.843. The van der Waals surface area contributed by atoms with Crippen molar-refractivity contribution in [1.29, 1.82) is 0 Å². The van der Waals surface area contributed by atoms with Gasteiger partial charge in [0.1, 0.15) is 5.69 Å². The van der Waals surface area contributed by atoms with Gasteiger partial charge in [0.25, 0.3) is 5.91 Å². The van der Waals surface area contributed by atoms with Crippen molar-refractivity contribution in [2.45, 2.75) is 18.9 Å². The molecule has 0 saturated heterocycles. The molecule has 1 aromatic heterocycles. The number of aromatic nitrogens is 1. The number of anilines is 1. The number of carbonyl (C=O) groups excluding carboxylic acids is 1. The van der Waals surface area contributed by atoms with Crippen molar-refractivity contribution >= 4 is 23.2 Å². The highest BCUT2D eigenvalue weighted by Gasteiger charge is 2.27.